The second-order valence-corrected chi connectivity index (χ2v) is 19.1. The van der Waals surface area contributed by atoms with E-state index in [0.717, 1.165) is 34.9 Å². The number of phosphoric ester groups is 1. The van der Waals surface area contributed by atoms with Crippen molar-refractivity contribution in [3.8, 4) is 5.75 Å². The maximum Gasteiger partial charge on any atom is 0.530 e. The van der Waals surface area contributed by atoms with Crippen molar-refractivity contribution < 1.29 is 37.3 Å². The zero-order chi connectivity index (χ0) is 45.7. The Labute approximate surface area is 384 Å². The second-order valence-electron chi connectivity index (χ2n) is 17.5. The summed E-state index contributed by atoms with van der Waals surface area (Å²) in [6.45, 7) is 4.99. The Morgan fingerprint density at radius 1 is 0.846 bits per heavy atom. The molecule has 0 amide bonds. The fourth-order valence-corrected chi connectivity index (χ4v) is 9.69. The van der Waals surface area contributed by atoms with Crippen LogP contribution in [0.15, 0.2) is 85.2 Å². The Balaban J connectivity index is 1.01. The fraction of sp³-hybridized carbons (Fsp3) is 0.560. The third kappa shape index (κ3) is 15.9. The van der Waals surface area contributed by atoms with Gasteiger partial charge in [-0.1, -0.05) is 140 Å². The molecule has 354 valence electrons. The highest BCUT2D eigenvalue weighted by molar-refractivity contribution is 7.48. The third-order valence-corrected chi connectivity index (χ3v) is 13.6. The van der Waals surface area contributed by atoms with Crippen LogP contribution in [0.2, 0.25) is 0 Å². The van der Waals surface area contributed by atoms with Gasteiger partial charge in [-0.2, -0.15) is 5.10 Å². The van der Waals surface area contributed by atoms with Crippen molar-refractivity contribution in [1.82, 2.24) is 14.6 Å². The summed E-state index contributed by atoms with van der Waals surface area (Å²) in [5.41, 5.74) is 7.66. The number of aromatic nitrogens is 3. The number of nitro benzene ring substituents is 1. The van der Waals surface area contributed by atoms with E-state index in [-0.39, 0.29) is 37.9 Å². The summed E-state index contributed by atoms with van der Waals surface area (Å²) in [6.07, 6.45) is 22.3. The maximum atomic E-state index is 14.5. The van der Waals surface area contributed by atoms with Gasteiger partial charge in [0.05, 0.1) is 43.1 Å². The smallest absolute Gasteiger partial charge is 0.404 e. The minimum absolute atomic E-state index is 0.0846. The van der Waals surface area contributed by atoms with Crippen molar-refractivity contribution in [3.63, 3.8) is 0 Å². The Bertz CT molecular complexity index is 2240. The number of nitrogens with zero attached hydrogens (tertiary/aromatic N) is 4. The lowest BCUT2D eigenvalue weighted by Gasteiger charge is -2.26. The molecule has 6 rings (SSSR count). The molecule has 0 spiro atoms. The summed E-state index contributed by atoms with van der Waals surface area (Å²) in [4.78, 5) is 14.9. The first-order valence-electron chi connectivity index (χ1n) is 23.9. The monoisotopic (exact) mass is 915 g/mol. The van der Waals surface area contributed by atoms with Crippen LogP contribution in [0.3, 0.4) is 0 Å². The van der Waals surface area contributed by atoms with Crippen molar-refractivity contribution in [2.24, 2.45) is 0 Å². The second kappa shape index (κ2) is 26.0. The van der Waals surface area contributed by atoms with Crippen LogP contribution in [0.4, 0.5) is 11.5 Å². The van der Waals surface area contributed by atoms with Crippen LogP contribution in [0, 0.1) is 10.1 Å². The number of phosphoric acid groups is 1. The molecule has 15 heteroatoms. The summed E-state index contributed by atoms with van der Waals surface area (Å²) in [5, 5.41) is 18.0. The van der Waals surface area contributed by atoms with Crippen LogP contribution in [0.5, 0.6) is 5.75 Å². The number of nitrogens with two attached hydrogens (primary N) is 1. The first kappa shape index (κ1) is 50.0. The van der Waals surface area contributed by atoms with E-state index in [1.54, 1.807) is 4.52 Å². The van der Waals surface area contributed by atoms with E-state index >= 15 is 0 Å². The molecule has 2 N–H and O–H groups in total. The number of hydrogen-bond acceptors (Lipinski definition) is 12. The van der Waals surface area contributed by atoms with Gasteiger partial charge in [0.1, 0.15) is 29.3 Å². The molecule has 65 heavy (non-hydrogen) atoms. The fourth-order valence-electron chi connectivity index (χ4n) is 8.43. The van der Waals surface area contributed by atoms with Crippen LogP contribution in [0.25, 0.3) is 16.3 Å². The van der Waals surface area contributed by atoms with E-state index in [2.05, 4.69) is 41.3 Å². The molecule has 3 aromatic carbocycles. The Hall–Kier alpha value is -4.43. The third-order valence-electron chi connectivity index (χ3n) is 12.2. The predicted molar refractivity (Wildman–Crippen MR) is 255 cm³/mol. The first-order valence-corrected chi connectivity index (χ1v) is 25.4. The molecule has 4 atom stereocenters. The molecule has 0 radical (unpaired) electrons. The summed E-state index contributed by atoms with van der Waals surface area (Å²) in [6, 6.07) is 23.3. The highest BCUT2D eigenvalue weighted by Crippen LogP contribution is 2.51. The SMILES string of the molecule is CCCCCCCCCCCCCCCCCCOC[C@H](COP(=O)(OC[C@@H]1CC[C@](C)(c2ccc3c(N)ncnn23)O1)Oc1ccc([N+](=O)[O-])cc1)OCc1ccc2ccccc2c1. The normalized spacial score (nSPS) is 17.7. The summed E-state index contributed by atoms with van der Waals surface area (Å²) >= 11 is 0. The molecule has 1 aliphatic heterocycles. The number of ether oxygens (including phenoxy) is 3. The number of nitrogen functional groups attached to an aromatic ring is 1. The van der Waals surface area contributed by atoms with Gasteiger partial charge in [-0.25, -0.2) is 14.1 Å². The van der Waals surface area contributed by atoms with E-state index in [0.29, 0.717) is 30.8 Å². The zero-order valence-corrected chi connectivity index (χ0v) is 39.4. The van der Waals surface area contributed by atoms with Gasteiger partial charge < -0.3 is 24.5 Å². The average Bonchev–Trinajstić information content (AvgIpc) is 3.94. The van der Waals surface area contributed by atoms with E-state index in [4.69, 9.17) is 33.5 Å². The molecule has 1 saturated heterocycles. The Kier molecular flexibility index (Phi) is 20.0. The van der Waals surface area contributed by atoms with Gasteiger partial charge in [-0.05, 0) is 72.9 Å². The Morgan fingerprint density at radius 2 is 1.51 bits per heavy atom. The van der Waals surface area contributed by atoms with Crippen LogP contribution in [0.1, 0.15) is 141 Å². The van der Waals surface area contributed by atoms with Crippen molar-refractivity contribution in [2.45, 2.75) is 154 Å². The molecule has 2 aromatic heterocycles. The minimum atomic E-state index is -4.37. The lowest BCUT2D eigenvalue weighted by Crippen LogP contribution is -2.28. The standard InChI is InChI=1S/C50H70N5O9P/c1-3-4-5-6-7-8-9-10-11-12-13-14-15-16-17-20-33-59-36-46(60-35-40-23-24-41-21-18-19-22-42(41)34-40)38-62-65(58,64-44-27-25-43(26-28-44)55(56)57)61-37-45-31-32-50(2,63-45)48-30-29-47-49(51)52-39-53-54(47)48/h18-19,21-30,34,39,45-46H,3-17,20,31-33,35-38H2,1-2H3,(H2,51,52,53)/t45-,46+,50+,65?/m0/s1. The molecule has 1 fully saturated rings. The van der Waals surface area contributed by atoms with Crippen molar-refractivity contribution in [2.75, 3.05) is 32.2 Å². The van der Waals surface area contributed by atoms with Gasteiger partial charge in [-0.3, -0.25) is 19.2 Å². The van der Waals surface area contributed by atoms with Gasteiger partial charge in [0.25, 0.3) is 5.69 Å². The highest BCUT2D eigenvalue weighted by atomic mass is 31.2. The Morgan fingerprint density at radius 3 is 2.18 bits per heavy atom. The number of fused-ring (bicyclic) bond motifs is 2. The quantitative estimate of drug-likeness (QED) is 0.0188. The number of non-ortho nitro benzene ring substituents is 1. The molecule has 1 unspecified atom stereocenters. The molecule has 0 saturated carbocycles. The number of nitro groups is 1. The number of hydrogen-bond donors (Lipinski definition) is 1. The molecule has 3 heterocycles. The number of benzene rings is 3. The van der Waals surface area contributed by atoms with E-state index in [1.165, 1.54) is 120 Å². The van der Waals surface area contributed by atoms with Crippen LogP contribution in [-0.4, -0.2) is 58.2 Å². The average molecular weight is 916 g/mol. The molecule has 5 aromatic rings. The lowest BCUT2D eigenvalue weighted by molar-refractivity contribution is -0.384. The van der Waals surface area contributed by atoms with Crippen LogP contribution >= 0.6 is 7.82 Å². The zero-order valence-electron chi connectivity index (χ0n) is 38.5. The van der Waals surface area contributed by atoms with Crippen molar-refractivity contribution >= 4 is 35.6 Å². The van der Waals surface area contributed by atoms with E-state index in [1.807, 2.05) is 37.3 Å². The summed E-state index contributed by atoms with van der Waals surface area (Å²) < 4.78 is 53.3. The predicted octanol–water partition coefficient (Wildman–Crippen LogP) is 12.9. The first-order chi connectivity index (χ1) is 31.6. The molecule has 14 nitrogen and oxygen atoms in total. The highest BCUT2D eigenvalue weighted by Gasteiger charge is 2.42. The van der Waals surface area contributed by atoms with Gasteiger partial charge in [0.2, 0.25) is 0 Å². The molecular weight excluding hydrogens is 846 g/mol. The van der Waals surface area contributed by atoms with E-state index in [9.17, 15) is 14.7 Å². The number of anilines is 1. The maximum absolute atomic E-state index is 14.5. The van der Waals surface area contributed by atoms with Crippen molar-refractivity contribution in [1.29, 1.82) is 0 Å². The van der Waals surface area contributed by atoms with Crippen LogP contribution in [-0.2, 0) is 40.0 Å². The molecule has 0 aliphatic carbocycles. The molecule has 0 bridgehead atoms. The van der Waals surface area contributed by atoms with Gasteiger partial charge in [-0.15, -0.1) is 0 Å². The molecular formula is C50H70N5O9P. The molecule has 1 aliphatic rings. The van der Waals surface area contributed by atoms with E-state index < -0.39 is 30.6 Å². The van der Waals surface area contributed by atoms with Gasteiger partial charge in [0, 0.05) is 18.7 Å². The topological polar surface area (TPSA) is 172 Å². The van der Waals surface area contributed by atoms with Crippen LogP contribution < -0.4 is 10.3 Å². The minimum Gasteiger partial charge on any atom is -0.404 e. The summed E-state index contributed by atoms with van der Waals surface area (Å²) in [7, 11) is -4.37. The van der Waals surface area contributed by atoms with Crippen molar-refractivity contribution in [3.05, 3.63) is 107 Å². The number of rotatable bonds is 32. The largest absolute Gasteiger partial charge is 0.530 e. The number of unbranched alkanes of at least 4 members (excludes halogenated alkanes) is 15. The lowest BCUT2D eigenvalue weighted by atomic mass is 9.98. The van der Waals surface area contributed by atoms with Gasteiger partial charge in [0.15, 0.2) is 5.82 Å². The summed E-state index contributed by atoms with van der Waals surface area (Å²) in [5.74, 6) is 0.445. The van der Waals surface area contributed by atoms with Gasteiger partial charge >= 0.3 is 7.82 Å².